The molecule has 1 fully saturated rings. The van der Waals surface area contributed by atoms with E-state index in [1.165, 1.54) is 18.2 Å². The van der Waals surface area contributed by atoms with E-state index >= 15 is 0 Å². The van der Waals surface area contributed by atoms with Gasteiger partial charge in [0.25, 0.3) is 5.91 Å². The second-order valence-corrected chi connectivity index (χ2v) is 9.85. The Morgan fingerprint density at radius 2 is 1.97 bits per heavy atom. The van der Waals surface area contributed by atoms with Gasteiger partial charge in [-0.3, -0.25) is 9.79 Å². The van der Waals surface area contributed by atoms with Crippen LogP contribution in [0.4, 0.5) is 14.5 Å². The molecule has 4 rings (SSSR count). The van der Waals surface area contributed by atoms with E-state index in [4.69, 9.17) is 5.73 Å². The fraction of sp³-hybridized carbons (Fsp3) is 0.350. The maximum absolute atomic E-state index is 14.5. The zero-order chi connectivity index (χ0) is 21.5. The predicted molar refractivity (Wildman–Crippen MR) is 108 cm³/mol. The number of rotatable bonds is 5. The lowest BCUT2D eigenvalue weighted by Gasteiger charge is -2.26. The average Bonchev–Trinajstić information content (AvgIpc) is 3.50. The molecule has 1 amide bonds. The zero-order valence-corrected chi connectivity index (χ0v) is 16.7. The van der Waals surface area contributed by atoms with E-state index in [0.717, 1.165) is 31.2 Å². The number of nitrogens with two attached hydrogens (primary N) is 1. The Kier molecular flexibility index (Phi) is 5.27. The minimum atomic E-state index is -3.58. The first-order valence-electron chi connectivity index (χ1n) is 9.50. The van der Waals surface area contributed by atoms with Crippen molar-refractivity contribution in [1.82, 2.24) is 4.98 Å². The molecule has 0 radical (unpaired) electrons. The first kappa shape index (κ1) is 20.4. The molecule has 10 heteroatoms. The van der Waals surface area contributed by atoms with Crippen molar-refractivity contribution in [1.29, 1.82) is 0 Å². The SMILES string of the molecule is NC1=NC(c2cc(NC(=O)c3ccc(F)cn3)ccc2F)CS(=O)(=O)C1CC1CC1. The number of hydrogen-bond donors (Lipinski definition) is 2. The lowest BCUT2D eigenvalue weighted by molar-refractivity contribution is 0.102. The number of nitrogens with one attached hydrogen (secondary N) is 1. The molecule has 0 spiro atoms. The van der Waals surface area contributed by atoms with Gasteiger partial charge in [-0.25, -0.2) is 22.2 Å². The van der Waals surface area contributed by atoms with Crippen molar-refractivity contribution in [3.8, 4) is 0 Å². The number of aromatic nitrogens is 1. The Morgan fingerprint density at radius 1 is 1.20 bits per heavy atom. The average molecular weight is 434 g/mol. The second kappa shape index (κ2) is 7.75. The van der Waals surface area contributed by atoms with Gasteiger partial charge in [-0.2, -0.15) is 0 Å². The van der Waals surface area contributed by atoms with Crippen LogP contribution in [0.15, 0.2) is 41.5 Å². The quantitative estimate of drug-likeness (QED) is 0.751. The van der Waals surface area contributed by atoms with Gasteiger partial charge in [0, 0.05) is 11.3 Å². The van der Waals surface area contributed by atoms with Crippen LogP contribution in [0.3, 0.4) is 0 Å². The summed E-state index contributed by atoms with van der Waals surface area (Å²) in [7, 11) is -3.58. The summed E-state index contributed by atoms with van der Waals surface area (Å²) in [5, 5.41) is 1.72. The Labute approximate surface area is 172 Å². The normalized spacial score (nSPS) is 22.9. The second-order valence-electron chi connectivity index (χ2n) is 7.62. The highest BCUT2D eigenvalue weighted by Crippen LogP contribution is 2.38. The highest BCUT2D eigenvalue weighted by Gasteiger charge is 2.40. The molecule has 2 heterocycles. The summed E-state index contributed by atoms with van der Waals surface area (Å²) in [4.78, 5) is 20.2. The fourth-order valence-corrected chi connectivity index (χ4v) is 5.41. The van der Waals surface area contributed by atoms with E-state index in [2.05, 4.69) is 15.3 Å². The molecule has 2 aliphatic rings. The number of sulfone groups is 1. The molecule has 2 aromatic rings. The molecule has 1 aliphatic carbocycles. The minimum absolute atomic E-state index is 0.00232. The van der Waals surface area contributed by atoms with E-state index in [9.17, 15) is 22.0 Å². The summed E-state index contributed by atoms with van der Waals surface area (Å²) in [5.41, 5.74) is 6.19. The van der Waals surface area contributed by atoms with Crippen LogP contribution in [0.5, 0.6) is 0 Å². The van der Waals surface area contributed by atoms with E-state index in [0.29, 0.717) is 12.3 Å². The van der Waals surface area contributed by atoms with Gasteiger partial charge in [0.05, 0.1) is 18.0 Å². The number of anilines is 1. The van der Waals surface area contributed by atoms with Crippen LogP contribution >= 0.6 is 0 Å². The van der Waals surface area contributed by atoms with Crippen LogP contribution in [0.25, 0.3) is 0 Å². The van der Waals surface area contributed by atoms with Crippen molar-refractivity contribution >= 4 is 27.3 Å². The number of halogens is 2. The van der Waals surface area contributed by atoms with Crippen molar-refractivity contribution in [3.63, 3.8) is 0 Å². The van der Waals surface area contributed by atoms with E-state index in [-0.39, 0.29) is 28.5 Å². The van der Waals surface area contributed by atoms with E-state index in [1.54, 1.807) is 0 Å². The Hall–Kier alpha value is -2.88. The molecule has 7 nitrogen and oxygen atoms in total. The summed E-state index contributed by atoms with van der Waals surface area (Å²) < 4.78 is 52.9. The number of carbonyl (C=O) groups excluding carboxylic acids is 1. The van der Waals surface area contributed by atoms with Gasteiger partial charge < -0.3 is 11.1 Å². The lowest BCUT2D eigenvalue weighted by Crippen LogP contribution is -2.43. The predicted octanol–water partition coefficient (Wildman–Crippen LogP) is 2.61. The minimum Gasteiger partial charge on any atom is -0.386 e. The van der Waals surface area contributed by atoms with Crippen LogP contribution in [-0.2, 0) is 9.84 Å². The Bertz CT molecular complexity index is 1120. The molecule has 0 bridgehead atoms. The Balaban J connectivity index is 1.58. The van der Waals surface area contributed by atoms with Crippen molar-refractivity contribution in [2.45, 2.75) is 30.6 Å². The maximum atomic E-state index is 14.5. The number of amides is 1. The van der Waals surface area contributed by atoms with Gasteiger partial charge in [0.1, 0.15) is 28.4 Å². The molecule has 2 unspecified atom stereocenters. The highest BCUT2D eigenvalue weighted by molar-refractivity contribution is 7.92. The molecular weight excluding hydrogens is 414 g/mol. The molecule has 1 aromatic heterocycles. The van der Waals surface area contributed by atoms with E-state index < -0.39 is 38.7 Å². The summed E-state index contributed by atoms with van der Waals surface area (Å²) >= 11 is 0. The number of carbonyl (C=O) groups is 1. The third-order valence-corrected chi connectivity index (χ3v) is 7.36. The van der Waals surface area contributed by atoms with Crippen molar-refractivity contribution in [3.05, 3.63) is 59.4 Å². The summed E-state index contributed by atoms with van der Waals surface area (Å²) in [6, 6.07) is 5.10. The first-order chi connectivity index (χ1) is 14.2. The standard InChI is InChI=1S/C20H20F2N4O3S/c21-12-3-6-16(24-9-12)20(27)25-13-4-5-15(22)14(8-13)17-10-30(28,29)18(19(23)26-17)7-11-1-2-11/h3-6,8-9,11,17-18H,1-2,7,10H2,(H2,23,26)(H,25,27). The van der Waals surface area contributed by atoms with Gasteiger partial charge in [-0.1, -0.05) is 12.8 Å². The summed E-state index contributed by atoms with van der Waals surface area (Å²) in [6.07, 6.45) is 3.34. The summed E-state index contributed by atoms with van der Waals surface area (Å²) in [6.45, 7) is 0. The number of hydrogen-bond acceptors (Lipinski definition) is 6. The lowest BCUT2D eigenvalue weighted by atomic mass is 10.1. The van der Waals surface area contributed by atoms with Crippen LogP contribution in [-0.4, -0.2) is 36.1 Å². The number of benzene rings is 1. The number of aliphatic imine (C=N–C) groups is 1. The number of nitrogens with zero attached hydrogens (tertiary/aromatic N) is 2. The molecule has 0 saturated heterocycles. The zero-order valence-electron chi connectivity index (χ0n) is 15.9. The van der Waals surface area contributed by atoms with Gasteiger partial charge in [-0.15, -0.1) is 0 Å². The van der Waals surface area contributed by atoms with Gasteiger partial charge in [0.2, 0.25) is 0 Å². The molecule has 2 atom stereocenters. The largest absolute Gasteiger partial charge is 0.386 e. The van der Waals surface area contributed by atoms with Crippen LogP contribution in [0.2, 0.25) is 0 Å². The van der Waals surface area contributed by atoms with Crippen LogP contribution < -0.4 is 11.1 Å². The molecule has 1 aromatic carbocycles. The monoisotopic (exact) mass is 434 g/mol. The number of amidine groups is 1. The number of pyridine rings is 1. The molecule has 1 saturated carbocycles. The van der Waals surface area contributed by atoms with E-state index in [1.807, 2.05) is 0 Å². The Morgan fingerprint density at radius 3 is 2.60 bits per heavy atom. The fourth-order valence-electron chi connectivity index (χ4n) is 3.49. The topological polar surface area (TPSA) is 115 Å². The molecule has 3 N–H and O–H groups in total. The van der Waals surface area contributed by atoms with Crippen LogP contribution in [0, 0.1) is 17.6 Å². The van der Waals surface area contributed by atoms with Gasteiger partial charge in [-0.05, 0) is 42.7 Å². The first-order valence-corrected chi connectivity index (χ1v) is 11.2. The molecule has 30 heavy (non-hydrogen) atoms. The van der Waals surface area contributed by atoms with Gasteiger partial charge >= 0.3 is 0 Å². The van der Waals surface area contributed by atoms with Crippen LogP contribution in [0.1, 0.15) is 41.4 Å². The summed E-state index contributed by atoms with van der Waals surface area (Å²) in [5.74, 6) is -1.84. The third-order valence-electron chi connectivity index (χ3n) is 5.28. The van der Waals surface area contributed by atoms with Gasteiger partial charge in [0.15, 0.2) is 9.84 Å². The molecule has 1 aliphatic heterocycles. The van der Waals surface area contributed by atoms with Crippen molar-refractivity contribution in [2.75, 3.05) is 11.1 Å². The third kappa shape index (κ3) is 4.33. The highest BCUT2D eigenvalue weighted by atomic mass is 32.2. The molecule has 158 valence electrons. The van der Waals surface area contributed by atoms with Crippen molar-refractivity contribution < 1.29 is 22.0 Å². The smallest absolute Gasteiger partial charge is 0.274 e. The maximum Gasteiger partial charge on any atom is 0.274 e. The van der Waals surface area contributed by atoms with Crippen molar-refractivity contribution in [2.24, 2.45) is 16.6 Å². The molecular formula is C20H20F2N4O3S.